The average Bonchev–Trinajstić information content (AvgIpc) is 3.16. The molecule has 0 unspecified atom stereocenters. The number of guanidine groups is 1. The maximum Gasteiger partial charge on any atom is 0.191 e. The van der Waals surface area contributed by atoms with E-state index in [9.17, 15) is 0 Å². The summed E-state index contributed by atoms with van der Waals surface area (Å²) in [7, 11) is 0. The molecule has 1 saturated carbocycles. The molecule has 0 aromatic carbocycles. The molecule has 120 valence electrons. The zero-order valence-corrected chi connectivity index (χ0v) is 15.9. The number of hydrogen-bond donors (Lipinski definition) is 2. The van der Waals surface area contributed by atoms with Crippen molar-refractivity contribution in [3.63, 3.8) is 0 Å². The van der Waals surface area contributed by atoms with Crippen molar-refractivity contribution in [3.05, 3.63) is 16.1 Å². The van der Waals surface area contributed by atoms with E-state index in [4.69, 9.17) is 4.74 Å². The number of aryl methyl sites for hydroxylation is 1. The maximum absolute atomic E-state index is 5.33. The van der Waals surface area contributed by atoms with E-state index in [2.05, 4.69) is 26.0 Å². The summed E-state index contributed by atoms with van der Waals surface area (Å²) in [5.74, 6) is 0.900. The van der Waals surface area contributed by atoms with Crippen molar-refractivity contribution in [1.29, 1.82) is 0 Å². The zero-order chi connectivity index (χ0) is 14.2. The summed E-state index contributed by atoms with van der Waals surface area (Å²) in [6.45, 7) is 7.14. The summed E-state index contributed by atoms with van der Waals surface area (Å²) >= 11 is 1.67. The molecule has 7 heteroatoms. The minimum Gasteiger partial charge on any atom is -0.382 e. The SMILES string of the molecule is CCOCCCNC(=NCc1nc(C)cs1)NC1CC1.I. The van der Waals surface area contributed by atoms with Crippen molar-refractivity contribution >= 4 is 41.3 Å². The molecule has 0 spiro atoms. The Hall–Kier alpha value is -0.410. The van der Waals surface area contributed by atoms with Crippen molar-refractivity contribution in [2.45, 2.75) is 45.7 Å². The van der Waals surface area contributed by atoms with E-state index in [-0.39, 0.29) is 24.0 Å². The third-order valence-corrected chi connectivity index (χ3v) is 3.87. The average molecular weight is 424 g/mol. The molecular weight excluding hydrogens is 399 g/mol. The van der Waals surface area contributed by atoms with Gasteiger partial charge in [0.25, 0.3) is 0 Å². The van der Waals surface area contributed by atoms with Gasteiger partial charge in [0.1, 0.15) is 5.01 Å². The molecule has 1 aromatic rings. The first-order chi connectivity index (χ1) is 9.78. The Morgan fingerprint density at radius 1 is 1.52 bits per heavy atom. The number of hydrogen-bond acceptors (Lipinski definition) is 4. The molecule has 1 heterocycles. The topological polar surface area (TPSA) is 58.5 Å². The number of halogens is 1. The molecule has 0 bridgehead atoms. The fourth-order valence-corrected chi connectivity index (χ4v) is 2.42. The van der Waals surface area contributed by atoms with Gasteiger partial charge in [-0.3, -0.25) is 0 Å². The van der Waals surface area contributed by atoms with E-state index in [1.54, 1.807) is 11.3 Å². The molecule has 0 aliphatic heterocycles. The van der Waals surface area contributed by atoms with Gasteiger partial charge in [-0.15, -0.1) is 35.3 Å². The van der Waals surface area contributed by atoms with Crippen LogP contribution in [-0.2, 0) is 11.3 Å². The molecular formula is C14H25IN4OS. The molecule has 21 heavy (non-hydrogen) atoms. The Kier molecular flexibility index (Phi) is 9.18. The first kappa shape index (κ1) is 18.6. The number of nitrogens with one attached hydrogen (secondary N) is 2. The second kappa shape index (κ2) is 10.3. The molecule has 0 amide bonds. The Balaban J connectivity index is 0.00000220. The fraction of sp³-hybridized carbons (Fsp3) is 0.714. The van der Waals surface area contributed by atoms with Crippen LogP contribution in [0.5, 0.6) is 0 Å². The lowest BCUT2D eigenvalue weighted by molar-refractivity contribution is 0.145. The van der Waals surface area contributed by atoms with Gasteiger partial charge >= 0.3 is 0 Å². The summed E-state index contributed by atoms with van der Waals surface area (Å²) in [5, 5.41) is 9.92. The fourth-order valence-electron chi connectivity index (χ4n) is 1.72. The van der Waals surface area contributed by atoms with Crippen LogP contribution in [0.4, 0.5) is 0 Å². The highest BCUT2D eigenvalue weighted by Gasteiger charge is 2.22. The molecule has 0 radical (unpaired) electrons. The number of ether oxygens (including phenoxy) is 1. The third kappa shape index (κ3) is 7.96. The van der Waals surface area contributed by atoms with E-state index in [0.717, 1.165) is 42.8 Å². The zero-order valence-electron chi connectivity index (χ0n) is 12.7. The largest absolute Gasteiger partial charge is 0.382 e. The molecule has 0 atom stereocenters. The molecule has 1 aliphatic rings. The second-order valence-electron chi connectivity index (χ2n) is 4.94. The Labute approximate surface area is 148 Å². The number of aromatic nitrogens is 1. The maximum atomic E-state index is 5.33. The van der Waals surface area contributed by atoms with Gasteiger partial charge in [0.2, 0.25) is 0 Å². The number of thiazole rings is 1. The van der Waals surface area contributed by atoms with Crippen molar-refractivity contribution < 1.29 is 4.74 Å². The third-order valence-electron chi connectivity index (χ3n) is 2.92. The van der Waals surface area contributed by atoms with Gasteiger partial charge in [-0.2, -0.15) is 0 Å². The van der Waals surface area contributed by atoms with Crippen molar-refractivity contribution in [2.24, 2.45) is 4.99 Å². The van der Waals surface area contributed by atoms with Crippen LogP contribution in [0.25, 0.3) is 0 Å². The van der Waals surface area contributed by atoms with Crippen LogP contribution < -0.4 is 10.6 Å². The minimum absolute atomic E-state index is 0. The summed E-state index contributed by atoms with van der Waals surface area (Å²) in [6, 6.07) is 0.603. The van der Waals surface area contributed by atoms with E-state index in [1.165, 1.54) is 12.8 Å². The number of nitrogens with zero attached hydrogens (tertiary/aromatic N) is 2. The smallest absolute Gasteiger partial charge is 0.191 e. The highest BCUT2D eigenvalue weighted by molar-refractivity contribution is 14.0. The van der Waals surface area contributed by atoms with Crippen LogP contribution in [0.2, 0.25) is 0 Å². The lowest BCUT2D eigenvalue weighted by Gasteiger charge is -2.11. The van der Waals surface area contributed by atoms with Crippen LogP contribution in [0.1, 0.15) is 36.9 Å². The lowest BCUT2D eigenvalue weighted by Crippen LogP contribution is -2.39. The quantitative estimate of drug-likeness (QED) is 0.292. The van der Waals surface area contributed by atoms with Crippen molar-refractivity contribution in [2.75, 3.05) is 19.8 Å². The van der Waals surface area contributed by atoms with Gasteiger partial charge in [0.05, 0.1) is 6.54 Å². The molecule has 1 aromatic heterocycles. The molecule has 1 fully saturated rings. The van der Waals surface area contributed by atoms with Gasteiger partial charge in [-0.1, -0.05) is 0 Å². The van der Waals surface area contributed by atoms with Gasteiger partial charge < -0.3 is 15.4 Å². The predicted molar refractivity (Wildman–Crippen MR) is 98.7 cm³/mol. The first-order valence-corrected chi connectivity index (χ1v) is 8.19. The summed E-state index contributed by atoms with van der Waals surface area (Å²) in [4.78, 5) is 9.04. The van der Waals surface area contributed by atoms with Crippen LogP contribution in [0, 0.1) is 6.92 Å². The van der Waals surface area contributed by atoms with Crippen LogP contribution in [0.3, 0.4) is 0 Å². The molecule has 2 rings (SSSR count). The van der Waals surface area contributed by atoms with Crippen molar-refractivity contribution in [3.8, 4) is 0 Å². The summed E-state index contributed by atoms with van der Waals surface area (Å²) in [5.41, 5.74) is 1.07. The molecule has 2 N–H and O–H groups in total. The standard InChI is InChI=1S/C14H24N4OS.HI/c1-3-19-8-4-7-15-14(18-12-5-6-12)16-9-13-17-11(2)10-20-13;/h10,12H,3-9H2,1-2H3,(H2,15,16,18);1H. The Bertz CT molecular complexity index is 434. The molecule has 0 saturated heterocycles. The van der Waals surface area contributed by atoms with E-state index in [0.29, 0.717) is 12.6 Å². The van der Waals surface area contributed by atoms with Gasteiger partial charge in [0, 0.05) is 36.9 Å². The monoisotopic (exact) mass is 424 g/mol. The highest BCUT2D eigenvalue weighted by Crippen LogP contribution is 2.18. The second-order valence-corrected chi connectivity index (χ2v) is 5.89. The van der Waals surface area contributed by atoms with Gasteiger partial charge in [-0.05, 0) is 33.1 Å². The summed E-state index contributed by atoms with van der Waals surface area (Å²) in [6.07, 6.45) is 3.49. The van der Waals surface area contributed by atoms with E-state index >= 15 is 0 Å². The van der Waals surface area contributed by atoms with E-state index < -0.39 is 0 Å². The molecule has 5 nitrogen and oxygen atoms in total. The van der Waals surface area contributed by atoms with Crippen LogP contribution in [0.15, 0.2) is 10.4 Å². The molecule has 1 aliphatic carbocycles. The predicted octanol–water partition coefficient (Wildman–Crippen LogP) is 2.69. The van der Waals surface area contributed by atoms with E-state index in [1.807, 2.05) is 13.8 Å². The summed E-state index contributed by atoms with van der Waals surface area (Å²) < 4.78 is 5.33. The first-order valence-electron chi connectivity index (χ1n) is 7.31. The number of rotatable bonds is 8. The van der Waals surface area contributed by atoms with Crippen LogP contribution >= 0.6 is 35.3 Å². The van der Waals surface area contributed by atoms with Crippen molar-refractivity contribution in [1.82, 2.24) is 15.6 Å². The van der Waals surface area contributed by atoms with Crippen LogP contribution in [-0.4, -0.2) is 36.7 Å². The highest BCUT2D eigenvalue weighted by atomic mass is 127. The lowest BCUT2D eigenvalue weighted by atomic mass is 10.4. The number of aliphatic imine (C=N–C) groups is 1. The van der Waals surface area contributed by atoms with Gasteiger partial charge in [-0.25, -0.2) is 9.98 Å². The van der Waals surface area contributed by atoms with Gasteiger partial charge in [0.15, 0.2) is 5.96 Å². The Morgan fingerprint density at radius 3 is 2.95 bits per heavy atom. The Morgan fingerprint density at radius 2 is 2.33 bits per heavy atom. The minimum atomic E-state index is 0. The normalized spacial score (nSPS) is 14.7.